The van der Waals surface area contributed by atoms with E-state index in [1.807, 2.05) is 36.2 Å². The van der Waals surface area contributed by atoms with Gasteiger partial charge in [-0.25, -0.2) is 0 Å². The van der Waals surface area contributed by atoms with Gasteiger partial charge < -0.3 is 15.4 Å². The van der Waals surface area contributed by atoms with E-state index < -0.39 is 0 Å². The third-order valence-electron chi connectivity index (χ3n) is 4.08. The fourth-order valence-electron chi connectivity index (χ4n) is 2.66. The first-order chi connectivity index (χ1) is 10.5. The number of nitrogens with two attached hydrogens (primary N) is 1. The zero-order valence-corrected chi connectivity index (χ0v) is 13.1. The van der Waals surface area contributed by atoms with Gasteiger partial charge in [0.05, 0.1) is 13.5 Å². The van der Waals surface area contributed by atoms with Crippen molar-refractivity contribution in [2.24, 2.45) is 5.73 Å². The Labute approximate surface area is 130 Å². The number of carbonyl (C=O) groups is 2. The van der Waals surface area contributed by atoms with Gasteiger partial charge in [0.1, 0.15) is 5.75 Å². The number of rotatable bonds is 5. The van der Waals surface area contributed by atoms with Crippen molar-refractivity contribution in [1.82, 2.24) is 9.80 Å². The van der Waals surface area contributed by atoms with E-state index in [0.717, 1.165) is 17.9 Å². The van der Waals surface area contributed by atoms with Gasteiger partial charge in [-0.3, -0.25) is 14.5 Å². The molecule has 1 aliphatic heterocycles. The molecule has 0 aliphatic carbocycles. The standard InChI is InChI=1S/C16H23N3O3/c1-18-7-8-19(11-13(18)10-15(17)20)16(21)9-12-3-5-14(22-2)6-4-12/h3-6,13H,7-11H2,1-2H3,(H2,17,20). The molecule has 0 spiro atoms. The summed E-state index contributed by atoms with van der Waals surface area (Å²) in [7, 11) is 3.57. The highest BCUT2D eigenvalue weighted by molar-refractivity contribution is 5.79. The SMILES string of the molecule is COc1ccc(CC(=O)N2CCN(C)C(CC(N)=O)C2)cc1. The first-order valence-electron chi connectivity index (χ1n) is 7.39. The summed E-state index contributed by atoms with van der Waals surface area (Å²) in [6, 6.07) is 7.50. The van der Waals surface area contributed by atoms with Gasteiger partial charge >= 0.3 is 0 Å². The molecular formula is C16H23N3O3. The van der Waals surface area contributed by atoms with Crippen molar-refractivity contribution in [1.29, 1.82) is 0 Å². The van der Waals surface area contributed by atoms with E-state index in [1.165, 1.54) is 0 Å². The van der Waals surface area contributed by atoms with Crippen molar-refractivity contribution >= 4 is 11.8 Å². The maximum atomic E-state index is 12.4. The quantitative estimate of drug-likeness (QED) is 0.846. The number of piperazine rings is 1. The van der Waals surface area contributed by atoms with Gasteiger partial charge in [0.2, 0.25) is 11.8 Å². The summed E-state index contributed by atoms with van der Waals surface area (Å²) >= 11 is 0. The van der Waals surface area contributed by atoms with E-state index in [0.29, 0.717) is 19.5 Å². The maximum Gasteiger partial charge on any atom is 0.227 e. The molecule has 1 unspecified atom stereocenters. The highest BCUT2D eigenvalue weighted by Gasteiger charge is 2.28. The summed E-state index contributed by atoms with van der Waals surface area (Å²) in [6.07, 6.45) is 0.639. The Morgan fingerprint density at radius 2 is 1.95 bits per heavy atom. The van der Waals surface area contributed by atoms with Crippen LogP contribution in [0.5, 0.6) is 5.75 Å². The number of ether oxygens (including phenoxy) is 1. The predicted molar refractivity (Wildman–Crippen MR) is 83.5 cm³/mol. The molecule has 0 saturated carbocycles. The number of hydrogen-bond acceptors (Lipinski definition) is 4. The number of primary amides is 1. The summed E-state index contributed by atoms with van der Waals surface area (Å²) in [5.74, 6) is 0.520. The van der Waals surface area contributed by atoms with Gasteiger partial charge in [0.25, 0.3) is 0 Å². The molecule has 0 aromatic heterocycles. The van der Waals surface area contributed by atoms with Gasteiger partial charge in [-0.05, 0) is 24.7 Å². The lowest BCUT2D eigenvalue weighted by molar-refractivity contribution is -0.134. The minimum absolute atomic E-state index is 0.00562. The summed E-state index contributed by atoms with van der Waals surface area (Å²) < 4.78 is 5.11. The van der Waals surface area contributed by atoms with Crippen LogP contribution in [-0.2, 0) is 16.0 Å². The molecule has 1 aromatic carbocycles. The first-order valence-corrected chi connectivity index (χ1v) is 7.39. The molecule has 2 N–H and O–H groups in total. The Morgan fingerprint density at radius 1 is 1.27 bits per heavy atom. The largest absolute Gasteiger partial charge is 0.497 e. The molecule has 6 heteroatoms. The van der Waals surface area contributed by atoms with Gasteiger partial charge in [-0.1, -0.05) is 12.1 Å². The van der Waals surface area contributed by atoms with Gasteiger partial charge in [0.15, 0.2) is 0 Å². The second kappa shape index (κ2) is 7.26. The summed E-state index contributed by atoms with van der Waals surface area (Å²) in [5, 5.41) is 0. The van der Waals surface area contributed by atoms with Crippen LogP contribution in [0.4, 0.5) is 0 Å². The second-order valence-corrected chi connectivity index (χ2v) is 5.67. The van der Waals surface area contributed by atoms with Crippen LogP contribution < -0.4 is 10.5 Å². The average Bonchev–Trinajstić information content (AvgIpc) is 2.49. The highest BCUT2D eigenvalue weighted by atomic mass is 16.5. The van der Waals surface area contributed by atoms with Crippen LogP contribution in [0.3, 0.4) is 0 Å². The summed E-state index contributed by atoms with van der Waals surface area (Å²) in [4.78, 5) is 27.4. The number of carbonyl (C=O) groups excluding carboxylic acids is 2. The van der Waals surface area contributed by atoms with Crippen molar-refractivity contribution in [3.8, 4) is 5.75 Å². The lowest BCUT2D eigenvalue weighted by atomic mass is 10.1. The molecule has 1 aliphatic rings. The van der Waals surface area contributed by atoms with Gasteiger partial charge in [0, 0.05) is 32.1 Å². The zero-order valence-electron chi connectivity index (χ0n) is 13.1. The number of benzene rings is 1. The van der Waals surface area contributed by atoms with Crippen molar-refractivity contribution in [3.63, 3.8) is 0 Å². The van der Waals surface area contributed by atoms with Gasteiger partial charge in [-0.15, -0.1) is 0 Å². The predicted octanol–water partition coefficient (Wildman–Crippen LogP) is 0.256. The Balaban J connectivity index is 1.95. The lowest BCUT2D eigenvalue weighted by Gasteiger charge is -2.39. The number of amides is 2. The molecule has 2 amide bonds. The number of likely N-dealkylation sites (N-methyl/N-ethyl adjacent to an activating group) is 1. The van der Waals surface area contributed by atoms with Crippen LogP contribution in [0, 0.1) is 0 Å². The topological polar surface area (TPSA) is 75.9 Å². The molecule has 1 aromatic rings. The molecule has 1 heterocycles. The Kier molecular flexibility index (Phi) is 5.38. The Hall–Kier alpha value is -2.08. The third kappa shape index (κ3) is 4.21. The molecule has 6 nitrogen and oxygen atoms in total. The van der Waals surface area contributed by atoms with Crippen LogP contribution >= 0.6 is 0 Å². The molecule has 0 bridgehead atoms. The zero-order chi connectivity index (χ0) is 16.1. The second-order valence-electron chi connectivity index (χ2n) is 5.67. The molecule has 120 valence electrons. The number of hydrogen-bond donors (Lipinski definition) is 1. The Bertz CT molecular complexity index is 530. The van der Waals surface area contributed by atoms with E-state index in [9.17, 15) is 9.59 Å². The van der Waals surface area contributed by atoms with Crippen LogP contribution in [0.1, 0.15) is 12.0 Å². The Morgan fingerprint density at radius 3 is 2.55 bits per heavy atom. The molecule has 1 fully saturated rings. The maximum absolute atomic E-state index is 12.4. The average molecular weight is 305 g/mol. The smallest absolute Gasteiger partial charge is 0.227 e. The van der Waals surface area contributed by atoms with Crippen LogP contribution in [0.15, 0.2) is 24.3 Å². The molecule has 1 saturated heterocycles. The van der Waals surface area contributed by atoms with E-state index in [1.54, 1.807) is 7.11 Å². The van der Waals surface area contributed by atoms with Crippen LogP contribution in [0.2, 0.25) is 0 Å². The van der Waals surface area contributed by atoms with Crippen molar-refractivity contribution in [2.45, 2.75) is 18.9 Å². The normalized spacial score (nSPS) is 19.0. The van der Waals surface area contributed by atoms with E-state index in [2.05, 4.69) is 4.90 Å². The van der Waals surface area contributed by atoms with Crippen LogP contribution in [0.25, 0.3) is 0 Å². The summed E-state index contributed by atoms with van der Waals surface area (Å²) in [6.45, 7) is 1.99. The molecule has 22 heavy (non-hydrogen) atoms. The van der Waals surface area contributed by atoms with E-state index >= 15 is 0 Å². The molecular weight excluding hydrogens is 282 g/mol. The monoisotopic (exact) mass is 305 g/mol. The fraction of sp³-hybridized carbons (Fsp3) is 0.500. The van der Waals surface area contributed by atoms with E-state index in [4.69, 9.17) is 10.5 Å². The fourth-order valence-corrected chi connectivity index (χ4v) is 2.66. The van der Waals surface area contributed by atoms with Crippen molar-refractivity contribution < 1.29 is 14.3 Å². The molecule has 2 rings (SSSR count). The molecule has 0 radical (unpaired) electrons. The first kappa shape index (κ1) is 16.3. The van der Waals surface area contributed by atoms with Crippen molar-refractivity contribution in [2.75, 3.05) is 33.8 Å². The minimum atomic E-state index is -0.332. The number of methoxy groups -OCH3 is 1. The minimum Gasteiger partial charge on any atom is -0.497 e. The van der Waals surface area contributed by atoms with Gasteiger partial charge in [-0.2, -0.15) is 0 Å². The number of nitrogens with zero attached hydrogens (tertiary/aromatic N) is 2. The van der Waals surface area contributed by atoms with Crippen molar-refractivity contribution in [3.05, 3.63) is 29.8 Å². The summed E-state index contributed by atoms with van der Waals surface area (Å²) in [5.41, 5.74) is 6.23. The lowest BCUT2D eigenvalue weighted by Crippen LogP contribution is -2.54. The third-order valence-corrected chi connectivity index (χ3v) is 4.08. The van der Waals surface area contributed by atoms with E-state index in [-0.39, 0.29) is 24.3 Å². The van der Waals surface area contributed by atoms with Crippen LogP contribution in [-0.4, -0.2) is 61.4 Å². The highest BCUT2D eigenvalue weighted by Crippen LogP contribution is 2.15. The molecule has 1 atom stereocenters.